The molecule has 0 spiro atoms. The SMILES string of the molecule is COc1ccc(N2C(=O)[C@@H](Oc3ccccc3)[C@H]2c2ccc([N+](=O)[O-])cc2)cc1. The average Bonchev–Trinajstić information content (AvgIpc) is 2.76. The van der Waals surface area contributed by atoms with Gasteiger partial charge in [0.1, 0.15) is 17.5 Å². The van der Waals surface area contributed by atoms with Crippen LogP contribution in [0.1, 0.15) is 11.6 Å². The zero-order valence-electron chi connectivity index (χ0n) is 15.6. The largest absolute Gasteiger partial charge is 0.497 e. The minimum atomic E-state index is -0.721. The summed E-state index contributed by atoms with van der Waals surface area (Å²) in [6.07, 6.45) is -0.721. The van der Waals surface area contributed by atoms with Crippen LogP contribution in [0.25, 0.3) is 0 Å². The molecule has 7 nitrogen and oxygen atoms in total. The molecule has 3 aromatic carbocycles. The van der Waals surface area contributed by atoms with E-state index in [0.717, 1.165) is 5.56 Å². The van der Waals surface area contributed by atoms with Gasteiger partial charge in [0.2, 0.25) is 6.10 Å². The number of carbonyl (C=O) groups is 1. The lowest BCUT2D eigenvalue weighted by atomic mass is 9.89. The number of ether oxygens (including phenoxy) is 2. The second-order valence-corrected chi connectivity index (χ2v) is 6.55. The van der Waals surface area contributed by atoms with E-state index < -0.39 is 17.1 Å². The van der Waals surface area contributed by atoms with E-state index in [4.69, 9.17) is 9.47 Å². The number of methoxy groups -OCH3 is 1. The fraction of sp³-hybridized carbons (Fsp3) is 0.136. The molecule has 1 amide bonds. The quantitative estimate of drug-likeness (QED) is 0.359. The summed E-state index contributed by atoms with van der Waals surface area (Å²) in [6, 6.07) is 22.1. The lowest BCUT2D eigenvalue weighted by Crippen LogP contribution is -2.61. The first kappa shape index (κ1) is 18.5. The van der Waals surface area contributed by atoms with Gasteiger partial charge in [-0.1, -0.05) is 18.2 Å². The molecule has 1 fully saturated rings. The smallest absolute Gasteiger partial charge is 0.271 e. The number of benzene rings is 3. The summed E-state index contributed by atoms with van der Waals surface area (Å²) in [7, 11) is 1.58. The highest BCUT2D eigenvalue weighted by molar-refractivity contribution is 6.05. The van der Waals surface area contributed by atoms with Gasteiger partial charge in [0.15, 0.2) is 0 Å². The second-order valence-electron chi connectivity index (χ2n) is 6.55. The van der Waals surface area contributed by atoms with Crippen molar-refractivity contribution in [1.82, 2.24) is 0 Å². The van der Waals surface area contributed by atoms with Crippen LogP contribution in [0.15, 0.2) is 78.9 Å². The molecule has 0 aliphatic carbocycles. The first-order chi connectivity index (χ1) is 14.1. The third kappa shape index (κ3) is 3.50. The van der Waals surface area contributed by atoms with Crippen molar-refractivity contribution in [3.63, 3.8) is 0 Å². The molecule has 3 aromatic rings. The van der Waals surface area contributed by atoms with Crippen molar-refractivity contribution in [2.45, 2.75) is 12.1 Å². The summed E-state index contributed by atoms with van der Waals surface area (Å²) in [5, 5.41) is 11.0. The molecule has 1 saturated heterocycles. The number of anilines is 1. The Bertz CT molecular complexity index is 1020. The Morgan fingerprint density at radius 2 is 1.55 bits per heavy atom. The highest BCUT2D eigenvalue weighted by Crippen LogP contribution is 2.42. The number of nitro groups is 1. The second kappa shape index (κ2) is 7.63. The van der Waals surface area contributed by atoms with Crippen LogP contribution in [0, 0.1) is 10.1 Å². The van der Waals surface area contributed by atoms with E-state index in [-0.39, 0.29) is 11.6 Å². The average molecular weight is 390 g/mol. The number of non-ortho nitro benzene ring substituents is 1. The normalized spacial score (nSPS) is 18.1. The fourth-order valence-electron chi connectivity index (χ4n) is 3.37. The zero-order chi connectivity index (χ0) is 20.4. The molecule has 0 aromatic heterocycles. The topological polar surface area (TPSA) is 81.9 Å². The summed E-state index contributed by atoms with van der Waals surface area (Å²) >= 11 is 0. The number of amides is 1. The van der Waals surface area contributed by atoms with Gasteiger partial charge < -0.3 is 9.47 Å². The molecule has 1 aliphatic rings. The standard InChI is InChI=1S/C22H18N2O5/c1-28-18-13-11-16(12-14-18)23-20(15-7-9-17(10-8-15)24(26)27)21(22(23)25)29-19-5-3-2-4-6-19/h2-14,20-21H,1H3/t20-,21+/m1/s1. The summed E-state index contributed by atoms with van der Waals surface area (Å²) < 4.78 is 11.1. The molecule has 146 valence electrons. The van der Waals surface area contributed by atoms with Crippen molar-refractivity contribution in [1.29, 1.82) is 0 Å². The van der Waals surface area contributed by atoms with Gasteiger partial charge in [0.25, 0.3) is 11.6 Å². The van der Waals surface area contributed by atoms with E-state index >= 15 is 0 Å². The Labute approximate surface area is 167 Å². The van der Waals surface area contributed by atoms with Gasteiger partial charge in [-0.05, 0) is 54.1 Å². The molecule has 29 heavy (non-hydrogen) atoms. The van der Waals surface area contributed by atoms with Gasteiger partial charge in [-0.2, -0.15) is 0 Å². The van der Waals surface area contributed by atoms with Crippen LogP contribution in [-0.4, -0.2) is 24.0 Å². The van der Waals surface area contributed by atoms with Crippen molar-refractivity contribution >= 4 is 17.3 Å². The van der Waals surface area contributed by atoms with Crippen molar-refractivity contribution < 1.29 is 19.2 Å². The van der Waals surface area contributed by atoms with Crippen molar-refractivity contribution in [3.8, 4) is 11.5 Å². The minimum Gasteiger partial charge on any atom is -0.497 e. The van der Waals surface area contributed by atoms with E-state index in [2.05, 4.69) is 0 Å². The number of hydrogen-bond donors (Lipinski definition) is 0. The number of nitro benzene ring substituents is 1. The van der Waals surface area contributed by atoms with Crippen LogP contribution in [0.5, 0.6) is 11.5 Å². The van der Waals surface area contributed by atoms with Crippen LogP contribution in [0.2, 0.25) is 0 Å². The Hall–Kier alpha value is -3.87. The molecule has 4 rings (SSSR count). The van der Waals surface area contributed by atoms with Gasteiger partial charge in [-0.15, -0.1) is 0 Å². The fourth-order valence-corrected chi connectivity index (χ4v) is 3.37. The van der Waals surface area contributed by atoms with E-state index in [1.54, 1.807) is 60.5 Å². The highest BCUT2D eigenvalue weighted by Gasteiger charge is 2.51. The number of hydrogen-bond acceptors (Lipinski definition) is 5. The van der Waals surface area contributed by atoms with Gasteiger partial charge >= 0.3 is 0 Å². The van der Waals surface area contributed by atoms with Gasteiger partial charge in [0.05, 0.1) is 12.0 Å². The predicted molar refractivity (Wildman–Crippen MR) is 107 cm³/mol. The van der Waals surface area contributed by atoms with Crippen LogP contribution < -0.4 is 14.4 Å². The minimum absolute atomic E-state index is 0.00377. The summed E-state index contributed by atoms with van der Waals surface area (Å²) in [5.74, 6) is 1.10. The molecule has 2 atom stereocenters. The van der Waals surface area contributed by atoms with Crippen LogP contribution in [0.3, 0.4) is 0 Å². The molecule has 1 heterocycles. The molecule has 1 aliphatic heterocycles. The molecule has 0 unspecified atom stereocenters. The number of rotatable bonds is 6. The summed E-state index contributed by atoms with van der Waals surface area (Å²) in [5.41, 5.74) is 1.45. The Morgan fingerprint density at radius 1 is 0.897 bits per heavy atom. The zero-order valence-corrected chi connectivity index (χ0v) is 15.6. The third-order valence-corrected chi connectivity index (χ3v) is 4.85. The lowest BCUT2D eigenvalue weighted by molar-refractivity contribution is -0.384. The number of nitrogens with zero attached hydrogens (tertiary/aromatic N) is 2. The Kier molecular flexibility index (Phi) is 4.87. The summed E-state index contributed by atoms with van der Waals surface area (Å²) in [4.78, 5) is 25.1. The molecular formula is C22H18N2O5. The van der Waals surface area contributed by atoms with E-state index in [1.807, 2.05) is 18.2 Å². The van der Waals surface area contributed by atoms with E-state index in [0.29, 0.717) is 17.2 Å². The van der Waals surface area contributed by atoms with Crippen molar-refractivity contribution in [2.75, 3.05) is 12.0 Å². The number of para-hydroxylation sites is 1. The number of β-lactam (4-membered cyclic amide) rings is 1. The van der Waals surface area contributed by atoms with Crippen LogP contribution in [-0.2, 0) is 4.79 Å². The maximum absolute atomic E-state index is 12.9. The maximum atomic E-state index is 12.9. The van der Waals surface area contributed by atoms with E-state index in [1.165, 1.54) is 12.1 Å². The van der Waals surface area contributed by atoms with Gasteiger partial charge in [0, 0.05) is 17.8 Å². The van der Waals surface area contributed by atoms with Crippen molar-refractivity contribution in [2.24, 2.45) is 0 Å². The molecule has 0 saturated carbocycles. The van der Waals surface area contributed by atoms with Crippen LogP contribution in [0.4, 0.5) is 11.4 Å². The molecule has 0 N–H and O–H groups in total. The first-order valence-electron chi connectivity index (χ1n) is 9.01. The lowest BCUT2D eigenvalue weighted by Gasteiger charge is -2.46. The predicted octanol–water partition coefficient (Wildman–Crippen LogP) is 4.14. The molecule has 7 heteroatoms. The third-order valence-electron chi connectivity index (χ3n) is 4.85. The highest BCUT2D eigenvalue weighted by atomic mass is 16.6. The molecule has 0 bridgehead atoms. The maximum Gasteiger partial charge on any atom is 0.271 e. The van der Waals surface area contributed by atoms with E-state index in [9.17, 15) is 14.9 Å². The molecular weight excluding hydrogens is 372 g/mol. The van der Waals surface area contributed by atoms with Gasteiger partial charge in [-0.3, -0.25) is 19.8 Å². The molecule has 0 radical (unpaired) electrons. The Morgan fingerprint density at radius 3 is 2.14 bits per heavy atom. The van der Waals surface area contributed by atoms with Crippen molar-refractivity contribution in [3.05, 3.63) is 94.5 Å². The van der Waals surface area contributed by atoms with Gasteiger partial charge in [-0.25, -0.2) is 0 Å². The Balaban J connectivity index is 1.68. The van der Waals surface area contributed by atoms with Crippen LogP contribution >= 0.6 is 0 Å². The first-order valence-corrected chi connectivity index (χ1v) is 9.01. The summed E-state index contributed by atoms with van der Waals surface area (Å²) in [6.45, 7) is 0. The number of carbonyl (C=O) groups excluding carboxylic acids is 1. The monoisotopic (exact) mass is 390 g/mol.